The van der Waals surface area contributed by atoms with Crippen molar-refractivity contribution >= 4 is 40.0 Å². The van der Waals surface area contributed by atoms with Crippen LogP contribution >= 0.6 is 12.2 Å². The summed E-state index contributed by atoms with van der Waals surface area (Å²) in [6, 6.07) is 8.17. The highest BCUT2D eigenvalue weighted by atomic mass is 32.1. The van der Waals surface area contributed by atoms with E-state index in [1.54, 1.807) is 0 Å². The van der Waals surface area contributed by atoms with Gasteiger partial charge in [0.15, 0.2) is 5.11 Å². The lowest BCUT2D eigenvalue weighted by molar-refractivity contribution is -0.140. The summed E-state index contributed by atoms with van der Waals surface area (Å²) < 4.78 is 4.61. The summed E-state index contributed by atoms with van der Waals surface area (Å²) >= 11 is 5.26. The standard InChI is InChI=1S/C19H26N4O2S/c1-13-8-7-9-15-14(2)12-16(21-18(13)15)22-23-19(26)20-11-6-4-5-10-17(24)25-3/h7-9,12H,4-6,10-11H2,1-3H3,(H,21,22)(H2,20,23,26). The minimum atomic E-state index is -0.159. The molecule has 0 aliphatic rings. The molecule has 7 heteroatoms. The second-order valence-electron chi connectivity index (χ2n) is 6.19. The maximum atomic E-state index is 11.0. The molecule has 0 radical (unpaired) electrons. The number of nitrogens with one attached hydrogen (secondary N) is 3. The lowest BCUT2D eigenvalue weighted by Gasteiger charge is -2.14. The third-order valence-corrected chi connectivity index (χ3v) is 4.37. The van der Waals surface area contributed by atoms with E-state index in [0.717, 1.165) is 53.7 Å². The van der Waals surface area contributed by atoms with Gasteiger partial charge in [-0.25, -0.2) is 4.98 Å². The van der Waals surface area contributed by atoms with Crippen molar-refractivity contribution in [3.63, 3.8) is 0 Å². The van der Waals surface area contributed by atoms with Gasteiger partial charge in [0.05, 0.1) is 12.6 Å². The van der Waals surface area contributed by atoms with E-state index in [9.17, 15) is 4.79 Å². The molecule has 0 spiro atoms. The lowest BCUT2D eigenvalue weighted by atomic mass is 10.1. The number of anilines is 1. The van der Waals surface area contributed by atoms with Gasteiger partial charge < -0.3 is 10.1 Å². The number of esters is 1. The Bertz CT molecular complexity index is 779. The number of nitrogens with zero attached hydrogens (tertiary/aromatic N) is 1. The number of hydrazine groups is 1. The molecule has 0 unspecified atom stereocenters. The van der Waals surface area contributed by atoms with Crippen molar-refractivity contribution in [1.29, 1.82) is 0 Å². The molecular weight excluding hydrogens is 348 g/mol. The Morgan fingerprint density at radius 1 is 1.19 bits per heavy atom. The molecule has 26 heavy (non-hydrogen) atoms. The van der Waals surface area contributed by atoms with E-state index in [-0.39, 0.29) is 5.97 Å². The van der Waals surface area contributed by atoms with Crippen LogP contribution in [-0.4, -0.2) is 29.7 Å². The van der Waals surface area contributed by atoms with Gasteiger partial charge in [-0.2, -0.15) is 0 Å². The smallest absolute Gasteiger partial charge is 0.305 e. The minimum absolute atomic E-state index is 0.159. The Labute approximate surface area is 159 Å². The number of para-hydroxylation sites is 1. The molecule has 0 amide bonds. The molecular formula is C19H26N4O2S. The van der Waals surface area contributed by atoms with Gasteiger partial charge in [0.2, 0.25) is 0 Å². The number of ether oxygens (including phenoxy) is 1. The molecule has 0 atom stereocenters. The number of thiocarbonyl (C=S) groups is 1. The minimum Gasteiger partial charge on any atom is -0.469 e. The van der Waals surface area contributed by atoms with Crippen LogP contribution in [0.15, 0.2) is 24.3 Å². The van der Waals surface area contributed by atoms with E-state index in [1.165, 1.54) is 7.11 Å². The molecule has 2 rings (SSSR count). The van der Waals surface area contributed by atoms with Gasteiger partial charge >= 0.3 is 5.97 Å². The number of benzene rings is 1. The summed E-state index contributed by atoms with van der Waals surface area (Å²) in [6.45, 7) is 4.87. The Morgan fingerprint density at radius 3 is 2.77 bits per heavy atom. The van der Waals surface area contributed by atoms with Crippen molar-refractivity contribution in [2.45, 2.75) is 39.5 Å². The maximum absolute atomic E-state index is 11.0. The highest BCUT2D eigenvalue weighted by Gasteiger charge is 2.05. The molecule has 140 valence electrons. The summed E-state index contributed by atoms with van der Waals surface area (Å²) in [5.41, 5.74) is 9.30. The Morgan fingerprint density at radius 2 is 2.00 bits per heavy atom. The molecule has 1 aromatic heterocycles. The normalized spacial score (nSPS) is 10.4. The molecule has 3 N–H and O–H groups in total. The fourth-order valence-corrected chi connectivity index (χ4v) is 2.82. The molecule has 0 saturated heterocycles. The molecule has 1 aromatic carbocycles. The largest absolute Gasteiger partial charge is 0.469 e. The predicted molar refractivity (Wildman–Crippen MR) is 109 cm³/mol. The average molecular weight is 375 g/mol. The van der Waals surface area contributed by atoms with Crippen molar-refractivity contribution in [2.75, 3.05) is 19.1 Å². The first kappa shape index (κ1) is 19.9. The number of carbonyl (C=O) groups excluding carboxylic acids is 1. The van der Waals surface area contributed by atoms with Crippen LogP contribution in [0.3, 0.4) is 0 Å². The van der Waals surface area contributed by atoms with Gasteiger partial charge in [-0.3, -0.25) is 15.6 Å². The van der Waals surface area contributed by atoms with E-state index in [4.69, 9.17) is 12.2 Å². The average Bonchev–Trinajstić information content (AvgIpc) is 2.63. The maximum Gasteiger partial charge on any atom is 0.305 e. The van der Waals surface area contributed by atoms with Crippen molar-refractivity contribution in [3.8, 4) is 0 Å². The van der Waals surface area contributed by atoms with E-state index in [2.05, 4.69) is 51.9 Å². The second kappa shape index (κ2) is 9.91. The molecule has 6 nitrogen and oxygen atoms in total. The van der Waals surface area contributed by atoms with Crippen LogP contribution in [0, 0.1) is 13.8 Å². The fraction of sp³-hybridized carbons (Fsp3) is 0.421. The quantitative estimate of drug-likeness (QED) is 0.283. The van der Waals surface area contributed by atoms with Gasteiger partial charge in [0.1, 0.15) is 5.82 Å². The number of methoxy groups -OCH3 is 1. The molecule has 2 aromatic rings. The zero-order chi connectivity index (χ0) is 18.9. The van der Waals surface area contributed by atoms with Crippen LogP contribution in [0.5, 0.6) is 0 Å². The highest BCUT2D eigenvalue weighted by molar-refractivity contribution is 7.80. The Kier molecular flexibility index (Phi) is 7.59. The van der Waals surface area contributed by atoms with Crippen LogP contribution in [0.2, 0.25) is 0 Å². The van der Waals surface area contributed by atoms with Gasteiger partial charge in [0.25, 0.3) is 0 Å². The van der Waals surface area contributed by atoms with Crippen molar-refractivity contribution in [2.24, 2.45) is 0 Å². The number of carbonyl (C=O) groups is 1. The summed E-state index contributed by atoms with van der Waals surface area (Å²) in [5, 5.41) is 4.80. The zero-order valence-corrected chi connectivity index (χ0v) is 16.3. The third-order valence-electron chi connectivity index (χ3n) is 4.12. The van der Waals surface area contributed by atoms with Gasteiger partial charge in [-0.15, -0.1) is 0 Å². The first-order chi connectivity index (χ1) is 12.5. The van der Waals surface area contributed by atoms with Crippen molar-refractivity contribution < 1.29 is 9.53 Å². The fourth-order valence-electron chi connectivity index (χ4n) is 2.67. The van der Waals surface area contributed by atoms with Gasteiger partial charge in [-0.05, 0) is 56.1 Å². The first-order valence-corrected chi connectivity index (χ1v) is 9.15. The summed E-state index contributed by atoms with van der Waals surface area (Å²) in [6.07, 6.45) is 3.17. The number of fused-ring (bicyclic) bond motifs is 1. The second-order valence-corrected chi connectivity index (χ2v) is 6.60. The Balaban J connectivity index is 1.75. The molecule has 0 aliphatic heterocycles. The number of hydrogen-bond acceptors (Lipinski definition) is 5. The first-order valence-electron chi connectivity index (χ1n) is 8.75. The lowest BCUT2D eigenvalue weighted by Crippen LogP contribution is -2.39. The van der Waals surface area contributed by atoms with Gasteiger partial charge in [-0.1, -0.05) is 24.6 Å². The number of hydrogen-bond donors (Lipinski definition) is 3. The van der Waals surface area contributed by atoms with Crippen LogP contribution in [0.1, 0.15) is 36.8 Å². The summed E-state index contributed by atoms with van der Waals surface area (Å²) in [5.74, 6) is 0.569. The van der Waals surface area contributed by atoms with Crippen molar-refractivity contribution in [3.05, 3.63) is 35.4 Å². The topological polar surface area (TPSA) is 75.3 Å². The molecule has 0 aliphatic carbocycles. The van der Waals surface area contributed by atoms with E-state index >= 15 is 0 Å². The van der Waals surface area contributed by atoms with E-state index < -0.39 is 0 Å². The number of unbranched alkanes of at least 4 members (excludes halogenated alkanes) is 2. The van der Waals surface area contributed by atoms with Crippen LogP contribution in [0.25, 0.3) is 10.9 Å². The predicted octanol–water partition coefficient (Wildman–Crippen LogP) is 3.38. The SMILES string of the molecule is COC(=O)CCCCCNC(=S)NNc1cc(C)c2cccc(C)c2n1. The Hall–Kier alpha value is -2.41. The van der Waals surface area contributed by atoms with Gasteiger partial charge in [0, 0.05) is 18.4 Å². The third kappa shape index (κ3) is 5.84. The monoisotopic (exact) mass is 374 g/mol. The number of aromatic nitrogens is 1. The van der Waals surface area contributed by atoms with Crippen LogP contribution in [-0.2, 0) is 9.53 Å². The number of rotatable bonds is 8. The number of aryl methyl sites for hydroxylation is 2. The number of pyridine rings is 1. The van der Waals surface area contributed by atoms with E-state index in [1.807, 2.05) is 12.1 Å². The van der Waals surface area contributed by atoms with Crippen LogP contribution < -0.4 is 16.2 Å². The zero-order valence-electron chi connectivity index (χ0n) is 15.5. The highest BCUT2D eigenvalue weighted by Crippen LogP contribution is 2.22. The molecule has 0 fully saturated rings. The summed E-state index contributed by atoms with van der Waals surface area (Å²) in [7, 11) is 1.41. The molecule has 0 saturated carbocycles. The van der Waals surface area contributed by atoms with Crippen LogP contribution in [0.4, 0.5) is 5.82 Å². The summed E-state index contributed by atoms with van der Waals surface area (Å²) in [4.78, 5) is 15.7. The molecule has 1 heterocycles. The van der Waals surface area contributed by atoms with E-state index in [0.29, 0.717) is 11.5 Å². The van der Waals surface area contributed by atoms with Crippen molar-refractivity contribution in [1.82, 2.24) is 15.7 Å². The molecule has 0 bridgehead atoms.